The summed E-state index contributed by atoms with van der Waals surface area (Å²) in [6, 6.07) is 113. The molecule has 0 aliphatic carbocycles. The molecule has 1 aliphatic heterocycles. The largest absolute Gasteiger partial charge is 0.372 e. The summed E-state index contributed by atoms with van der Waals surface area (Å²) >= 11 is 0. The second-order valence-electron chi connectivity index (χ2n) is 39.7. The first kappa shape index (κ1) is 101. The Morgan fingerprint density at radius 1 is 0.246 bits per heavy atom. The van der Waals surface area contributed by atoms with E-state index in [4.69, 9.17) is 19.9 Å². The fourth-order valence-electron chi connectivity index (χ4n) is 21.7. The van der Waals surface area contributed by atoms with Gasteiger partial charge in [0.1, 0.15) is 0 Å². The van der Waals surface area contributed by atoms with E-state index in [-0.39, 0.29) is 80.4 Å². The summed E-state index contributed by atoms with van der Waals surface area (Å²) in [4.78, 5) is 22.4. The van der Waals surface area contributed by atoms with Crippen LogP contribution in [0.2, 0.25) is 0 Å². The molecule has 13 heteroatoms. The molecule has 0 amide bonds. The average molecular weight is 2560 g/mol. The first-order chi connectivity index (χ1) is 66.9. The van der Waals surface area contributed by atoms with Crippen molar-refractivity contribution in [3.63, 3.8) is 0 Å². The average Bonchev–Trinajstić information content (AvgIpc) is 1.53. The molecule has 9 nitrogen and oxygen atoms in total. The molecule has 1 fully saturated rings. The van der Waals surface area contributed by atoms with Gasteiger partial charge in [0.25, 0.3) is 0 Å². The summed E-state index contributed by atoms with van der Waals surface area (Å²) in [5.74, 6) is 1.72. The van der Waals surface area contributed by atoms with Gasteiger partial charge in [-0.15, -0.1) is 119 Å². The normalized spacial score (nSPS) is 12.2. The number of imidazole rings is 4. The number of fused-ring (bicyclic) bond motifs is 24. The van der Waals surface area contributed by atoms with E-state index in [0.717, 1.165) is 74.3 Å². The predicted octanol–water partition coefficient (Wildman–Crippen LogP) is 34.0. The number of aromatic nitrogens is 8. The standard InChI is InChI=1S/C38H31N2.C32H35N2.C31H25N2.C28H26N3.4Ir/c1-24(2)29-21-32(27-13-7-5-8-14-27)37(33(22-29)28-15-9-6-10-16-28)36-23-39-38-31-18-12-11-17-30(31)34-19-25(3)26(4)20-35(34)40(36)38;1-18(2)23-15-26(19(3)4)31(27(16-23)20(5)6)30-17-33-32-25-12-10-9-11-24(25)28-13-21(7)22(8)14-29(28)34(30)32;1-19-16-27-25-12-8-9-13-26(25)31-32-18-29(33(31)28(27)17-20(19)2)30-21(3)14-24(15-22(30)4)23-10-6-5-7-11-23;1-19-9-8-10-20(2)27(19)26-18-29-28-23-12-5-4-11-22(23)24-17-21(13-14-25(24)31(26)28)30-15-6-3-7-16-30;;;;/h5-17,19-24H,1-4H3;9-11,13-20H,1-8H3;5-12,14-18H,1-4H3;4-5,8-11,13-14,17-18H,3,6-7,15-16H2,1-2H3;;;;/q4*-1;;;;. The van der Waals surface area contributed by atoms with Crippen LogP contribution in [0.3, 0.4) is 0 Å². The van der Waals surface area contributed by atoms with Crippen molar-refractivity contribution in [2.75, 3.05) is 18.0 Å². The van der Waals surface area contributed by atoms with Crippen LogP contribution in [0.4, 0.5) is 5.69 Å². The van der Waals surface area contributed by atoms with Crippen molar-refractivity contribution < 1.29 is 80.4 Å². The number of aryl methyl sites for hydroxylation is 10. The van der Waals surface area contributed by atoms with Gasteiger partial charge in [-0.05, 0) is 281 Å². The Morgan fingerprint density at radius 2 is 0.570 bits per heavy atom. The molecule has 4 radical (unpaired) electrons. The maximum atomic E-state index is 5.08. The Bertz CT molecular complexity index is 8620. The molecule has 1 aliphatic rings. The first-order valence-corrected chi connectivity index (χ1v) is 49.3. The van der Waals surface area contributed by atoms with Gasteiger partial charge in [0, 0.05) is 168 Å². The van der Waals surface area contributed by atoms with E-state index in [0.29, 0.717) is 23.7 Å². The fourth-order valence-corrected chi connectivity index (χ4v) is 21.7. The number of pyridine rings is 4. The molecule has 0 saturated carbocycles. The molecule has 0 unspecified atom stereocenters. The van der Waals surface area contributed by atoms with Gasteiger partial charge in [0.2, 0.25) is 0 Å². The van der Waals surface area contributed by atoms with Crippen LogP contribution in [0, 0.1) is 93.5 Å². The minimum absolute atomic E-state index is 0. The van der Waals surface area contributed by atoms with Crippen LogP contribution in [0.15, 0.2) is 298 Å². The number of rotatable bonds is 12. The van der Waals surface area contributed by atoms with E-state index >= 15 is 0 Å². The van der Waals surface area contributed by atoms with Gasteiger partial charge in [-0.3, -0.25) is 19.9 Å². The third-order valence-corrected chi connectivity index (χ3v) is 29.3. The van der Waals surface area contributed by atoms with Gasteiger partial charge < -0.3 is 22.5 Å². The minimum atomic E-state index is 0. The first-order valence-electron chi connectivity index (χ1n) is 49.3. The van der Waals surface area contributed by atoms with Crippen LogP contribution < -0.4 is 4.90 Å². The quantitative estimate of drug-likeness (QED) is 0.0900. The third kappa shape index (κ3) is 18.2. The Kier molecular flexibility index (Phi) is 29.8. The van der Waals surface area contributed by atoms with Gasteiger partial charge in [0.15, 0.2) is 0 Å². The third-order valence-electron chi connectivity index (χ3n) is 29.3. The van der Waals surface area contributed by atoms with E-state index in [1.165, 1.54) is 229 Å². The predicted molar refractivity (Wildman–Crippen MR) is 584 cm³/mol. The molecule has 15 aromatic carbocycles. The van der Waals surface area contributed by atoms with Gasteiger partial charge in [-0.25, -0.2) is 0 Å². The van der Waals surface area contributed by atoms with Gasteiger partial charge in [-0.2, -0.15) is 0 Å². The molecule has 0 atom stereocenters. The van der Waals surface area contributed by atoms with Crippen molar-refractivity contribution in [2.45, 2.75) is 168 Å². The van der Waals surface area contributed by atoms with E-state index in [9.17, 15) is 0 Å². The fraction of sp³-hybridized carbons (Fsp3) is 0.209. The molecule has 1 saturated heterocycles. The van der Waals surface area contributed by atoms with E-state index in [2.05, 4.69) is 433 Å². The maximum Gasteiger partial charge on any atom is 0.0646 e. The van der Waals surface area contributed by atoms with E-state index in [1.807, 2.05) is 36.7 Å². The zero-order chi connectivity index (χ0) is 95.3. The Hall–Kier alpha value is -12.5. The molecular formula is C129H117Ir4N9-4. The Morgan fingerprint density at radius 3 is 0.937 bits per heavy atom. The van der Waals surface area contributed by atoms with Gasteiger partial charge in [-0.1, -0.05) is 241 Å². The van der Waals surface area contributed by atoms with Gasteiger partial charge in [0.05, 0.1) is 45.4 Å². The Labute approximate surface area is 888 Å². The smallest absolute Gasteiger partial charge is 0.0646 e. The van der Waals surface area contributed by atoms with Crippen LogP contribution in [0.5, 0.6) is 0 Å². The number of benzene rings is 15. The molecule has 9 heterocycles. The van der Waals surface area contributed by atoms with Crippen molar-refractivity contribution in [2.24, 2.45) is 0 Å². The Balaban J connectivity index is 0.000000130. The second-order valence-corrected chi connectivity index (χ2v) is 39.7. The summed E-state index contributed by atoms with van der Waals surface area (Å²) in [6.07, 6.45) is 12.1. The zero-order valence-corrected chi connectivity index (χ0v) is 93.6. The molecule has 0 spiro atoms. The summed E-state index contributed by atoms with van der Waals surface area (Å²) < 4.78 is 9.42. The molecule has 24 rings (SSSR count). The number of hydrogen-bond acceptors (Lipinski definition) is 5. The number of piperidine rings is 1. The van der Waals surface area contributed by atoms with E-state index < -0.39 is 0 Å². The SMILES string of the molecule is Cc1cc2c3ccc[c-]c3c3ncc(-c4c(-c5ccccc5)cc(C(C)C)cc4-c4ccccc4)n3c2cc1C.Cc1cc2c3ccc[c-]c3c3ncc(-c4c(C(C)C)cc(C(C)C)cc4C(C)C)n3c2cc1C.Cc1cc2c3ccc[c-]c3c3ncc(-c4c(C)cc(-c5ccccc5)cc4C)n3c2cc1C.Cc1cccc(C)c1-c1cnc2c3[c-]cccc3c3cc(N4CCCCC4)ccc3n12.[Ir].[Ir].[Ir].[Ir]. The maximum absolute atomic E-state index is 5.08. The van der Waals surface area contributed by atoms with Gasteiger partial charge >= 0.3 is 0 Å². The van der Waals surface area contributed by atoms with Crippen molar-refractivity contribution in [3.8, 4) is 78.4 Å². The van der Waals surface area contributed by atoms with Crippen LogP contribution in [-0.2, 0) is 80.4 Å². The van der Waals surface area contributed by atoms with Crippen LogP contribution in [-0.4, -0.2) is 50.6 Å². The zero-order valence-electron chi connectivity index (χ0n) is 84.0. The van der Waals surface area contributed by atoms with Crippen molar-refractivity contribution >= 4 is 115 Å². The second kappa shape index (κ2) is 41.8. The molecule has 0 bridgehead atoms. The summed E-state index contributed by atoms with van der Waals surface area (Å²) in [7, 11) is 0. The van der Waals surface area contributed by atoms with Crippen molar-refractivity contribution in [3.05, 3.63) is 400 Å². The molecule has 718 valence electrons. The van der Waals surface area contributed by atoms with Crippen molar-refractivity contribution in [1.82, 2.24) is 37.5 Å². The van der Waals surface area contributed by atoms with Crippen LogP contribution in [0.25, 0.3) is 188 Å². The summed E-state index contributed by atoms with van der Waals surface area (Å²) in [6.45, 7) is 42.6. The minimum Gasteiger partial charge on any atom is -0.372 e. The van der Waals surface area contributed by atoms with Crippen LogP contribution >= 0.6 is 0 Å². The molecule has 142 heavy (non-hydrogen) atoms. The summed E-state index contributed by atoms with van der Waals surface area (Å²) in [5.41, 5.74) is 45.3. The molecular weight excluding hydrogens is 2440 g/mol. The topological polar surface area (TPSA) is 72.4 Å². The monoisotopic (exact) mass is 2560 g/mol. The molecule has 23 aromatic rings. The summed E-state index contributed by atoms with van der Waals surface area (Å²) in [5, 5.41) is 14.1. The molecule has 8 aromatic heterocycles. The van der Waals surface area contributed by atoms with E-state index in [1.54, 1.807) is 0 Å². The van der Waals surface area contributed by atoms with Crippen molar-refractivity contribution in [1.29, 1.82) is 0 Å². The number of hydrogen-bond donors (Lipinski definition) is 0. The number of nitrogens with zero attached hydrogens (tertiary/aromatic N) is 9. The molecule has 0 N–H and O–H groups in total. The van der Waals surface area contributed by atoms with Crippen LogP contribution in [0.1, 0.15) is 176 Å². The number of anilines is 1.